The van der Waals surface area contributed by atoms with Gasteiger partial charge in [0.2, 0.25) is 0 Å². The summed E-state index contributed by atoms with van der Waals surface area (Å²) in [7, 11) is 0. The first-order valence-corrected chi connectivity index (χ1v) is 4.71. The lowest BCUT2D eigenvalue weighted by molar-refractivity contribution is 0.579. The third-order valence-electron chi connectivity index (χ3n) is 2.05. The quantitative estimate of drug-likeness (QED) is 0.800. The lowest BCUT2D eigenvalue weighted by atomic mass is 10.0. The van der Waals surface area contributed by atoms with E-state index in [2.05, 4.69) is 0 Å². The van der Waals surface area contributed by atoms with Crippen molar-refractivity contribution in [3.05, 3.63) is 34.6 Å². The SMILES string of the molecule is CC[C@@H](N)Cc1c(F)cccc1Cl. The predicted molar refractivity (Wildman–Crippen MR) is 53.4 cm³/mol. The van der Waals surface area contributed by atoms with Crippen molar-refractivity contribution in [2.75, 3.05) is 0 Å². The van der Waals surface area contributed by atoms with Crippen LogP contribution in [0.3, 0.4) is 0 Å². The molecule has 0 aliphatic heterocycles. The topological polar surface area (TPSA) is 26.0 Å². The maximum absolute atomic E-state index is 13.2. The first-order valence-electron chi connectivity index (χ1n) is 4.33. The summed E-state index contributed by atoms with van der Waals surface area (Å²) in [6.45, 7) is 1.97. The van der Waals surface area contributed by atoms with Gasteiger partial charge < -0.3 is 5.73 Å². The molecule has 0 aliphatic rings. The molecule has 1 atom stereocenters. The van der Waals surface area contributed by atoms with Gasteiger partial charge in [-0.15, -0.1) is 0 Å². The molecular formula is C10H13ClFN. The first kappa shape index (κ1) is 10.5. The Bertz CT molecular complexity index is 268. The average Bonchev–Trinajstić information content (AvgIpc) is 2.11. The van der Waals surface area contributed by atoms with E-state index in [4.69, 9.17) is 17.3 Å². The molecule has 0 aromatic heterocycles. The summed E-state index contributed by atoms with van der Waals surface area (Å²) in [5.74, 6) is -0.267. The van der Waals surface area contributed by atoms with Crippen LogP contribution in [-0.2, 0) is 6.42 Å². The van der Waals surface area contributed by atoms with Crippen LogP contribution in [-0.4, -0.2) is 6.04 Å². The number of nitrogens with two attached hydrogens (primary N) is 1. The molecule has 0 fully saturated rings. The average molecular weight is 202 g/mol. The molecule has 0 saturated carbocycles. The van der Waals surface area contributed by atoms with Crippen molar-refractivity contribution in [1.82, 2.24) is 0 Å². The molecule has 1 aromatic rings. The van der Waals surface area contributed by atoms with Crippen molar-refractivity contribution in [2.24, 2.45) is 5.73 Å². The molecule has 0 heterocycles. The minimum absolute atomic E-state index is 0.0191. The van der Waals surface area contributed by atoms with Gasteiger partial charge in [0.15, 0.2) is 0 Å². The molecule has 0 aliphatic carbocycles. The minimum atomic E-state index is -0.267. The van der Waals surface area contributed by atoms with Gasteiger partial charge in [-0.2, -0.15) is 0 Å². The number of rotatable bonds is 3. The van der Waals surface area contributed by atoms with Crippen molar-refractivity contribution < 1.29 is 4.39 Å². The Morgan fingerprint density at radius 2 is 2.23 bits per heavy atom. The highest BCUT2D eigenvalue weighted by molar-refractivity contribution is 6.31. The molecule has 2 N–H and O–H groups in total. The van der Waals surface area contributed by atoms with Crippen molar-refractivity contribution in [3.8, 4) is 0 Å². The smallest absolute Gasteiger partial charge is 0.127 e. The molecule has 0 unspecified atom stereocenters. The highest BCUT2D eigenvalue weighted by Gasteiger charge is 2.09. The van der Waals surface area contributed by atoms with E-state index < -0.39 is 0 Å². The van der Waals surface area contributed by atoms with Gasteiger partial charge in [-0.1, -0.05) is 24.6 Å². The number of benzene rings is 1. The molecule has 0 saturated heterocycles. The second-order valence-electron chi connectivity index (χ2n) is 3.07. The van der Waals surface area contributed by atoms with Crippen LogP contribution in [0.1, 0.15) is 18.9 Å². The lowest BCUT2D eigenvalue weighted by Gasteiger charge is -2.10. The Labute approximate surface area is 82.7 Å². The Morgan fingerprint density at radius 1 is 1.54 bits per heavy atom. The zero-order valence-electron chi connectivity index (χ0n) is 7.56. The highest BCUT2D eigenvalue weighted by Crippen LogP contribution is 2.20. The standard InChI is InChI=1S/C10H13ClFN/c1-2-7(13)6-8-9(11)4-3-5-10(8)12/h3-5,7H,2,6,13H2,1H3/t7-/m1/s1. The molecule has 1 nitrogen and oxygen atoms in total. The number of hydrogen-bond donors (Lipinski definition) is 1. The maximum Gasteiger partial charge on any atom is 0.127 e. The van der Waals surface area contributed by atoms with Gasteiger partial charge in [0.1, 0.15) is 5.82 Å². The zero-order chi connectivity index (χ0) is 9.84. The van der Waals surface area contributed by atoms with E-state index in [9.17, 15) is 4.39 Å². The molecule has 72 valence electrons. The van der Waals surface area contributed by atoms with Gasteiger partial charge in [0.25, 0.3) is 0 Å². The van der Waals surface area contributed by atoms with Crippen molar-refractivity contribution in [2.45, 2.75) is 25.8 Å². The fourth-order valence-electron chi connectivity index (χ4n) is 1.13. The summed E-state index contributed by atoms with van der Waals surface area (Å²) >= 11 is 5.84. The highest BCUT2D eigenvalue weighted by atomic mass is 35.5. The monoisotopic (exact) mass is 201 g/mol. The van der Waals surface area contributed by atoms with Gasteiger partial charge >= 0.3 is 0 Å². The molecule has 0 radical (unpaired) electrons. The van der Waals surface area contributed by atoms with Crippen molar-refractivity contribution in [3.63, 3.8) is 0 Å². The van der Waals surface area contributed by atoms with Crippen LogP contribution >= 0.6 is 11.6 Å². The van der Waals surface area contributed by atoms with Crippen LogP contribution in [0, 0.1) is 5.82 Å². The minimum Gasteiger partial charge on any atom is -0.327 e. The molecular weight excluding hydrogens is 189 g/mol. The van der Waals surface area contributed by atoms with Gasteiger partial charge in [-0.25, -0.2) is 4.39 Å². The van der Waals surface area contributed by atoms with Crippen LogP contribution in [0.25, 0.3) is 0 Å². The lowest BCUT2D eigenvalue weighted by Crippen LogP contribution is -2.22. The van der Waals surface area contributed by atoms with Gasteiger partial charge in [0, 0.05) is 16.6 Å². The molecule has 1 aromatic carbocycles. The number of hydrogen-bond acceptors (Lipinski definition) is 1. The van der Waals surface area contributed by atoms with E-state index in [0.29, 0.717) is 17.0 Å². The summed E-state index contributed by atoms with van der Waals surface area (Å²) in [4.78, 5) is 0. The summed E-state index contributed by atoms with van der Waals surface area (Å²) in [5.41, 5.74) is 6.24. The summed E-state index contributed by atoms with van der Waals surface area (Å²) in [6, 6.07) is 4.67. The largest absolute Gasteiger partial charge is 0.327 e. The van der Waals surface area contributed by atoms with Crippen LogP contribution < -0.4 is 5.73 Å². The van der Waals surface area contributed by atoms with Crippen LogP contribution in [0.4, 0.5) is 4.39 Å². The van der Waals surface area contributed by atoms with Crippen LogP contribution in [0.15, 0.2) is 18.2 Å². The van der Waals surface area contributed by atoms with Crippen LogP contribution in [0.2, 0.25) is 5.02 Å². The molecule has 0 bridgehead atoms. The first-order chi connectivity index (χ1) is 6.15. The van der Waals surface area contributed by atoms with Gasteiger partial charge in [-0.05, 0) is 25.0 Å². The third-order valence-corrected chi connectivity index (χ3v) is 2.41. The van der Waals surface area contributed by atoms with Crippen molar-refractivity contribution >= 4 is 11.6 Å². The maximum atomic E-state index is 13.2. The van der Waals surface area contributed by atoms with Crippen LogP contribution in [0.5, 0.6) is 0 Å². The Kier molecular flexibility index (Phi) is 3.70. The van der Waals surface area contributed by atoms with E-state index in [1.54, 1.807) is 12.1 Å². The second kappa shape index (κ2) is 4.58. The van der Waals surface area contributed by atoms with Gasteiger partial charge in [0.05, 0.1) is 0 Å². The van der Waals surface area contributed by atoms with E-state index in [-0.39, 0.29) is 11.9 Å². The Hall–Kier alpha value is -0.600. The third kappa shape index (κ3) is 2.68. The Morgan fingerprint density at radius 3 is 2.77 bits per heavy atom. The number of halogens is 2. The molecule has 0 amide bonds. The van der Waals surface area contributed by atoms with E-state index in [1.807, 2.05) is 6.92 Å². The van der Waals surface area contributed by atoms with E-state index >= 15 is 0 Å². The normalized spacial score (nSPS) is 12.9. The van der Waals surface area contributed by atoms with Gasteiger partial charge in [-0.3, -0.25) is 0 Å². The Balaban J connectivity index is 2.87. The summed E-state index contributed by atoms with van der Waals surface area (Å²) < 4.78 is 13.2. The predicted octanol–water partition coefficient (Wildman–Crippen LogP) is 2.76. The zero-order valence-corrected chi connectivity index (χ0v) is 8.31. The fourth-order valence-corrected chi connectivity index (χ4v) is 1.37. The van der Waals surface area contributed by atoms with E-state index in [0.717, 1.165) is 6.42 Å². The molecule has 13 heavy (non-hydrogen) atoms. The fraction of sp³-hybridized carbons (Fsp3) is 0.400. The molecule has 1 rings (SSSR count). The second-order valence-corrected chi connectivity index (χ2v) is 3.48. The summed E-state index contributed by atoms with van der Waals surface area (Å²) in [5, 5.41) is 0.462. The summed E-state index contributed by atoms with van der Waals surface area (Å²) in [6.07, 6.45) is 1.33. The van der Waals surface area contributed by atoms with E-state index in [1.165, 1.54) is 6.07 Å². The molecule has 0 spiro atoms. The van der Waals surface area contributed by atoms with Crippen molar-refractivity contribution in [1.29, 1.82) is 0 Å². The molecule has 3 heteroatoms.